The van der Waals surface area contributed by atoms with Crippen LogP contribution in [0.1, 0.15) is 38.4 Å². The normalized spacial score (nSPS) is 16.5. The van der Waals surface area contributed by atoms with Crippen LogP contribution in [0, 0.1) is 5.82 Å². The molecule has 2 amide bonds. The molecule has 8 heteroatoms. The number of piperazine rings is 1. The number of hydrogen-bond acceptors (Lipinski definition) is 5. The van der Waals surface area contributed by atoms with E-state index in [2.05, 4.69) is 15.1 Å². The molecule has 5 rings (SSSR count). The Balaban J connectivity index is 1.32. The van der Waals surface area contributed by atoms with Gasteiger partial charge in [0.1, 0.15) is 5.82 Å². The van der Waals surface area contributed by atoms with Gasteiger partial charge in [-0.3, -0.25) is 14.5 Å². The van der Waals surface area contributed by atoms with Gasteiger partial charge in [-0.05, 0) is 60.2 Å². The fourth-order valence-electron chi connectivity index (χ4n) is 4.75. The zero-order valence-corrected chi connectivity index (χ0v) is 20.4. The van der Waals surface area contributed by atoms with Crippen molar-refractivity contribution in [2.45, 2.75) is 19.4 Å². The van der Waals surface area contributed by atoms with Gasteiger partial charge in [-0.15, -0.1) is 11.3 Å². The first-order valence-electron chi connectivity index (χ1n) is 12.1. The summed E-state index contributed by atoms with van der Waals surface area (Å²) in [6.45, 7) is 5.62. The van der Waals surface area contributed by atoms with E-state index in [0.29, 0.717) is 16.1 Å². The van der Waals surface area contributed by atoms with Gasteiger partial charge in [0.05, 0.1) is 10.4 Å². The van der Waals surface area contributed by atoms with Gasteiger partial charge >= 0.3 is 0 Å². The van der Waals surface area contributed by atoms with Gasteiger partial charge in [0, 0.05) is 57.2 Å². The number of nitrogens with zero attached hydrogens (tertiary/aromatic N) is 3. The number of thiophene rings is 1. The number of carbonyl (C=O) groups excluding carboxylic acids is 2. The third-order valence-electron chi connectivity index (χ3n) is 6.66. The second kappa shape index (κ2) is 10.6. The number of halogens is 1. The van der Waals surface area contributed by atoms with Crippen LogP contribution in [0.25, 0.3) is 0 Å². The van der Waals surface area contributed by atoms with Crippen LogP contribution in [0.2, 0.25) is 0 Å². The molecule has 3 heterocycles. The predicted octanol–water partition coefficient (Wildman–Crippen LogP) is 4.70. The molecule has 0 radical (unpaired) electrons. The summed E-state index contributed by atoms with van der Waals surface area (Å²) in [4.78, 5) is 33.2. The topological polar surface area (TPSA) is 55.9 Å². The lowest BCUT2D eigenvalue weighted by atomic mass is 10.1. The maximum Gasteiger partial charge on any atom is 0.265 e. The molecule has 182 valence electrons. The minimum Gasteiger partial charge on any atom is -0.368 e. The Morgan fingerprint density at radius 2 is 1.66 bits per heavy atom. The van der Waals surface area contributed by atoms with E-state index in [0.717, 1.165) is 69.9 Å². The quantitative estimate of drug-likeness (QED) is 0.542. The number of amides is 2. The van der Waals surface area contributed by atoms with Gasteiger partial charge in [-0.25, -0.2) is 4.39 Å². The molecule has 0 aliphatic carbocycles. The molecular weight excluding hydrogens is 463 g/mol. The van der Waals surface area contributed by atoms with Gasteiger partial charge in [-0.1, -0.05) is 18.2 Å². The SMILES string of the molecule is O=C(Nc1ccc(N2CCN(Cc3ccc(F)cc3)CC2)c(C(=O)N2CCCC2)c1)c1cccs1. The van der Waals surface area contributed by atoms with E-state index in [9.17, 15) is 14.0 Å². The van der Waals surface area contributed by atoms with Gasteiger partial charge in [0.15, 0.2) is 0 Å². The molecule has 2 aliphatic heterocycles. The number of rotatable bonds is 6. The number of nitrogens with one attached hydrogen (secondary N) is 1. The van der Waals surface area contributed by atoms with Crippen LogP contribution in [-0.4, -0.2) is 60.9 Å². The van der Waals surface area contributed by atoms with Crippen molar-refractivity contribution >= 4 is 34.5 Å². The van der Waals surface area contributed by atoms with E-state index in [1.807, 2.05) is 46.7 Å². The smallest absolute Gasteiger partial charge is 0.265 e. The van der Waals surface area contributed by atoms with Crippen molar-refractivity contribution in [3.8, 4) is 0 Å². The summed E-state index contributed by atoms with van der Waals surface area (Å²) in [5.74, 6) is -0.357. The Hall–Kier alpha value is -3.23. The van der Waals surface area contributed by atoms with Crippen LogP contribution in [0.5, 0.6) is 0 Å². The first-order chi connectivity index (χ1) is 17.1. The van der Waals surface area contributed by atoms with Crippen molar-refractivity contribution in [3.63, 3.8) is 0 Å². The average molecular weight is 493 g/mol. The summed E-state index contributed by atoms with van der Waals surface area (Å²) in [7, 11) is 0. The Morgan fingerprint density at radius 1 is 0.914 bits per heavy atom. The van der Waals surface area contributed by atoms with E-state index in [4.69, 9.17) is 0 Å². The molecule has 6 nitrogen and oxygen atoms in total. The highest BCUT2D eigenvalue weighted by molar-refractivity contribution is 7.12. The molecule has 1 N–H and O–H groups in total. The van der Waals surface area contributed by atoms with Crippen molar-refractivity contribution in [2.24, 2.45) is 0 Å². The van der Waals surface area contributed by atoms with Gasteiger partial charge < -0.3 is 15.1 Å². The molecule has 0 unspecified atom stereocenters. The molecule has 2 aliphatic rings. The average Bonchev–Trinajstić information content (AvgIpc) is 3.61. The Bertz CT molecular complexity index is 1170. The van der Waals surface area contributed by atoms with Crippen LogP contribution < -0.4 is 10.2 Å². The number of likely N-dealkylation sites (tertiary alicyclic amines) is 1. The Kier molecular flexibility index (Phi) is 7.11. The highest BCUT2D eigenvalue weighted by Gasteiger charge is 2.26. The van der Waals surface area contributed by atoms with Crippen LogP contribution in [0.3, 0.4) is 0 Å². The molecule has 0 bridgehead atoms. The number of anilines is 2. The molecule has 0 saturated carbocycles. The standard InChI is InChI=1S/C27H29FN4O2S/c28-21-7-5-20(6-8-21)19-30-13-15-31(16-14-30)24-10-9-22(29-26(33)25-4-3-17-35-25)18-23(24)27(34)32-11-1-2-12-32/h3-10,17-18H,1-2,11-16,19H2,(H,29,33). The van der Waals surface area contributed by atoms with Gasteiger partial charge in [0.25, 0.3) is 11.8 Å². The second-order valence-corrected chi connectivity index (χ2v) is 10.0. The molecule has 0 atom stereocenters. The maximum absolute atomic E-state index is 13.5. The number of benzene rings is 2. The first kappa shape index (κ1) is 23.5. The minimum absolute atomic E-state index is 0.0264. The van der Waals surface area contributed by atoms with Crippen molar-refractivity contribution in [3.05, 3.63) is 81.8 Å². The monoisotopic (exact) mass is 492 g/mol. The third-order valence-corrected chi connectivity index (χ3v) is 7.52. The van der Waals surface area contributed by atoms with E-state index in [-0.39, 0.29) is 17.6 Å². The van der Waals surface area contributed by atoms with Crippen LogP contribution in [0.4, 0.5) is 15.8 Å². The summed E-state index contributed by atoms with van der Waals surface area (Å²) in [6, 6.07) is 16.0. The molecule has 1 aromatic heterocycles. The lowest BCUT2D eigenvalue weighted by Crippen LogP contribution is -2.46. The highest BCUT2D eigenvalue weighted by Crippen LogP contribution is 2.29. The van der Waals surface area contributed by atoms with Gasteiger partial charge in [-0.2, -0.15) is 0 Å². The Morgan fingerprint density at radius 3 is 2.34 bits per heavy atom. The zero-order chi connectivity index (χ0) is 24.2. The lowest BCUT2D eigenvalue weighted by molar-refractivity contribution is 0.0793. The van der Waals surface area contributed by atoms with Gasteiger partial charge in [0.2, 0.25) is 0 Å². The summed E-state index contributed by atoms with van der Waals surface area (Å²) in [5, 5.41) is 4.82. The molecule has 0 spiro atoms. The molecule has 2 fully saturated rings. The maximum atomic E-state index is 13.5. The molecule has 2 saturated heterocycles. The van der Waals surface area contributed by atoms with Crippen LogP contribution >= 0.6 is 11.3 Å². The van der Waals surface area contributed by atoms with E-state index < -0.39 is 0 Å². The second-order valence-electron chi connectivity index (χ2n) is 9.05. The molecular formula is C27H29FN4O2S. The van der Waals surface area contributed by atoms with E-state index in [1.165, 1.54) is 23.5 Å². The molecule has 3 aromatic rings. The minimum atomic E-state index is -0.219. The highest BCUT2D eigenvalue weighted by atomic mass is 32.1. The lowest BCUT2D eigenvalue weighted by Gasteiger charge is -2.37. The van der Waals surface area contributed by atoms with E-state index in [1.54, 1.807) is 6.07 Å². The Labute approximate surface area is 209 Å². The number of hydrogen-bond donors (Lipinski definition) is 1. The summed E-state index contributed by atoms with van der Waals surface area (Å²) < 4.78 is 13.2. The summed E-state index contributed by atoms with van der Waals surface area (Å²) in [6.07, 6.45) is 2.05. The summed E-state index contributed by atoms with van der Waals surface area (Å²) in [5.41, 5.74) is 3.28. The van der Waals surface area contributed by atoms with Crippen LogP contribution in [0.15, 0.2) is 60.0 Å². The fraction of sp³-hybridized carbons (Fsp3) is 0.333. The summed E-state index contributed by atoms with van der Waals surface area (Å²) >= 11 is 1.39. The fourth-order valence-corrected chi connectivity index (χ4v) is 5.37. The first-order valence-corrected chi connectivity index (χ1v) is 12.9. The van der Waals surface area contributed by atoms with Crippen molar-refractivity contribution in [1.29, 1.82) is 0 Å². The van der Waals surface area contributed by atoms with Crippen molar-refractivity contribution in [2.75, 3.05) is 49.5 Å². The molecule has 2 aromatic carbocycles. The van der Waals surface area contributed by atoms with E-state index >= 15 is 0 Å². The largest absolute Gasteiger partial charge is 0.368 e. The molecule has 35 heavy (non-hydrogen) atoms. The van der Waals surface area contributed by atoms with Crippen LogP contribution in [-0.2, 0) is 6.54 Å². The zero-order valence-electron chi connectivity index (χ0n) is 19.6. The number of carbonyl (C=O) groups is 2. The van der Waals surface area contributed by atoms with Crippen molar-refractivity contribution < 1.29 is 14.0 Å². The third kappa shape index (κ3) is 5.55. The van der Waals surface area contributed by atoms with Crippen molar-refractivity contribution in [1.82, 2.24) is 9.80 Å². The predicted molar refractivity (Wildman–Crippen MR) is 138 cm³/mol.